The monoisotopic (exact) mass is 326 g/mol. The molecule has 4 nitrogen and oxygen atoms in total. The number of aromatic nitrogens is 2. The number of nitrogens with zero attached hydrogens (tertiary/aromatic N) is 2. The number of imidazole rings is 1. The molecule has 0 aliphatic carbocycles. The van der Waals surface area contributed by atoms with Gasteiger partial charge in [-0.05, 0) is 63.6 Å². The maximum atomic E-state index is 12.1. The number of benzene rings is 1. The summed E-state index contributed by atoms with van der Waals surface area (Å²) < 4.78 is 8.05. The van der Waals surface area contributed by atoms with Gasteiger partial charge in [0.15, 0.2) is 5.78 Å². The summed E-state index contributed by atoms with van der Waals surface area (Å²) in [5, 5.41) is 0. The molecule has 0 bridgehead atoms. The number of ketones is 1. The van der Waals surface area contributed by atoms with E-state index in [1.807, 2.05) is 26.2 Å². The SMILES string of the molecule is CC(=O)c1c(C)cc(C)c(-c2nccn2C[C@H]2CCCCO2)c1C. The van der Waals surface area contributed by atoms with Crippen molar-refractivity contribution in [3.8, 4) is 11.4 Å². The lowest BCUT2D eigenvalue weighted by Gasteiger charge is -2.24. The average molecular weight is 326 g/mol. The van der Waals surface area contributed by atoms with E-state index >= 15 is 0 Å². The summed E-state index contributed by atoms with van der Waals surface area (Å²) in [6, 6.07) is 2.09. The molecule has 128 valence electrons. The number of hydrogen-bond acceptors (Lipinski definition) is 3. The zero-order valence-corrected chi connectivity index (χ0v) is 15.1. The van der Waals surface area contributed by atoms with Crippen molar-refractivity contribution >= 4 is 5.78 Å². The first-order valence-corrected chi connectivity index (χ1v) is 8.74. The molecule has 1 aliphatic heterocycles. The molecule has 0 N–H and O–H groups in total. The van der Waals surface area contributed by atoms with Gasteiger partial charge in [0.05, 0.1) is 12.6 Å². The van der Waals surface area contributed by atoms with Crippen molar-refractivity contribution in [2.24, 2.45) is 0 Å². The number of rotatable bonds is 4. The summed E-state index contributed by atoms with van der Waals surface area (Å²) in [6.45, 7) is 9.43. The zero-order valence-electron chi connectivity index (χ0n) is 15.1. The van der Waals surface area contributed by atoms with E-state index in [9.17, 15) is 4.79 Å². The second-order valence-corrected chi connectivity index (χ2v) is 6.83. The highest BCUT2D eigenvalue weighted by atomic mass is 16.5. The van der Waals surface area contributed by atoms with Crippen molar-refractivity contribution in [2.75, 3.05) is 6.61 Å². The van der Waals surface area contributed by atoms with E-state index < -0.39 is 0 Å². The van der Waals surface area contributed by atoms with Crippen LogP contribution in [0.4, 0.5) is 0 Å². The average Bonchev–Trinajstić information content (AvgIpc) is 2.95. The van der Waals surface area contributed by atoms with Gasteiger partial charge >= 0.3 is 0 Å². The van der Waals surface area contributed by atoms with Crippen LogP contribution in [0.5, 0.6) is 0 Å². The minimum atomic E-state index is 0.111. The van der Waals surface area contributed by atoms with Crippen LogP contribution in [0.25, 0.3) is 11.4 Å². The Kier molecular flexibility index (Phi) is 4.86. The Morgan fingerprint density at radius 1 is 1.29 bits per heavy atom. The van der Waals surface area contributed by atoms with Crippen molar-refractivity contribution in [1.82, 2.24) is 9.55 Å². The van der Waals surface area contributed by atoms with Crippen molar-refractivity contribution in [3.05, 3.63) is 40.7 Å². The third kappa shape index (κ3) is 3.16. The van der Waals surface area contributed by atoms with Gasteiger partial charge in [0, 0.05) is 30.1 Å². The number of aryl methyl sites for hydroxylation is 2. The Morgan fingerprint density at radius 3 is 2.75 bits per heavy atom. The molecular formula is C20H26N2O2. The van der Waals surface area contributed by atoms with Crippen molar-refractivity contribution in [1.29, 1.82) is 0 Å². The summed E-state index contributed by atoms with van der Waals surface area (Å²) in [5.41, 5.74) is 5.12. The molecule has 1 atom stereocenters. The van der Waals surface area contributed by atoms with Gasteiger partial charge in [-0.15, -0.1) is 0 Å². The van der Waals surface area contributed by atoms with Crippen molar-refractivity contribution < 1.29 is 9.53 Å². The third-order valence-corrected chi connectivity index (χ3v) is 4.94. The summed E-state index contributed by atoms with van der Waals surface area (Å²) in [6.07, 6.45) is 7.59. The molecule has 24 heavy (non-hydrogen) atoms. The molecule has 0 unspecified atom stereocenters. The highest BCUT2D eigenvalue weighted by Gasteiger charge is 2.21. The Hall–Kier alpha value is -1.94. The molecule has 0 radical (unpaired) electrons. The van der Waals surface area contributed by atoms with Crippen LogP contribution in [-0.2, 0) is 11.3 Å². The van der Waals surface area contributed by atoms with E-state index in [4.69, 9.17) is 4.74 Å². The van der Waals surface area contributed by atoms with Crippen LogP contribution in [0.2, 0.25) is 0 Å². The smallest absolute Gasteiger partial charge is 0.160 e. The second kappa shape index (κ2) is 6.89. The van der Waals surface area contributed by atoms with Crippen molar-refractivity contribution in [2.45, 2.75) is 59.6 Å². The molecular weight excluding hydrogens is 300 g/mol. The second-order valence-electron chi connectivity index (χ2n) is 6.83. The molecule has 2 heterocycles. The topological polar surface area (TPSA) is 44.1 Å². The zero-order chi connectivity index (χ0) is 17.3. The van der Waals surface area contributed by atoms with Gasteiger partial charge in [-0.1, -0.05) is 6.07 Å². The first-order valence-electron chi connectivity index (χ1n) is 8.74. The number of hydrogen-bond donors (Lipinski definition) is 0. The molecule has 1 aliphatic rings. The summed E-state index contributed by atoms with van der Waals surface area (Å²) in [5.74, 6) is 1.04. The van der Waals surface area contributed by atoms with Crippen LogP contribution in [0.1, 0.15) is 53.2 Å². The standard InChI is InChI=1S/C20H26N2O2/c1-13-11-14(2)19(15(3)18(13)16(4)23)20-21-8-9-22(20)12-17-7-5-6-10-24-17/h8-9,11,17H,5-7,10,12H2,1-4H3/t17-/m1/s1. The van der Waals surface area contributed by atoms with Gasteiger partial charge in [0.2, 0.25) is 0 Å². The minimum Gasteiger partial charge on any atom is -0.376 e. The van der Waals surface area contributed by atoms with Crippen LogP contribution in [0.15, 0.2) is 18.5 Å². The number of ether oxygens (including phenoxy) is 1. The molecule has 1 aromatic heterocycles. The first-order chi connectivity index (χ1) is 11.5. The van der Waals surface area contributed by atoms with E-state index in [0.717, 1.165) is 59.6 Å². The molecule has 0 amide bonds. The van der Waals surface area contributed by atoms with Crippen LogP contribution in [-0.4, -0.2) is 28.0 Å². The van der Waals surface area contributed by atoms with Gasteiger partial charge in [-0.3, -0.25) is 4.79 Å². The number of carbonyl (C=O) groups excluding carboxylic acids is 1. The minimum absolute atomic E-state index is 0.111. The van der Waals surface area contributed by atoms with E-state index in [1.165, 1.54) is 6.42 Å². The van der Waals surface area contributed by atoms with Gasteiger partial charge in [-0.25, -0.2) is 4.98 Å². The molecule has 1 saturated heterocycles. The predicted octanol–water partition coefficient (Wildman–Crippen LogP) is 4.25. The summed E-state index contributed by atoms with van der Waals surface area (Å²) in [4.78, 5) is 16.7. The molecule has 3 rings (SSSR count). The predicted molar refractivity (Wildman–Crippen MR) is 95.5 cm³/mol. The maximum absolute atomic E-state index is 12.1. The molecule has 4 heteroatoms. The van der Waals surface area contributed by atoms with Crippen LogP contribution < -0.4 is 0 Å². The lowest BCUT2D eigenvalue weighted by atomic mass is 9.91. The fraction of sp³-hybridized carbons (Fsp3) is 0.500. The van der Waals surface area contributed by atoms with E-state index in [2.05, 4.69) is 22.5 Å². The van der Waals surface area contributed by atoms with Crippen LogP contribution in [0, 0.1) is 20.8 Å². The van der Waals surface area contributed by atoms with Crippen LogP contribution >= 0.6 is 0 Å². The maximum Gasteiger partial charge on any atom is 0.160 e. The quantitative estimate of drug-likeness (QED) is 0.789. The van der Waals surface area contributed by atoms with Crippen LogP contribution in [0.3, 0.4) is 0 Å². The van der Waals surface area contributed by atoms with E-state index in [1.54, 1.807) is 6.92 Å². The van der Waals surface area contributed by atoms with E-state index in [-0.39, 0.29) is 11.9 Å². The van der Waals surface area contributed by atoms with Gasteiger partial charge in [-0.2, -0.15) is 0 Å². The fourth-order valence-corrected chi connectivity index (χ4v) is 3.93. The highest BCUT2D eigenvalue weighted by Crippen LogP contribution is 2.31. The normalized spacial score (nSPS) is 17.9. The number of carbonyl (C=O) groups is 1. The van der Waals surface area contributed by atoms with Crippen molar-refractivity contribution in [3.63, 3.8) is 0 Å². The third-order valence-electron chi connectivity index (χ3n) is 4.94. The van der Waals surface area contributed by atoms with Gasteiger partial charge in [0.25, 0.3) is 0 Å². The lowest BCUT2D eigenvalue weighted by molar-refractivity contribution is 0.00624. The molecule has 1 aromatic carbocycles. The molecule has 2 aromatic rings. The molecule has 0 saturated carbocycles. The first kappa shape index (κ1) is 16.9. The van der Waals surface area contributed by atoms with E-state index in [0.29, 0.717) is 0 Å². The highest BCUT2D eigenvalue weighted by molar-refractivity contribution is 5.99. The Labute approximate surface area is 143 Å². The summed E-state index contributed by atoms with van der Waals surface area (Å²) >= 11 is 0. The van der Waals surface area contributed by atoms with Gasteiger partial charge in [0.1, 0.15) is 5.82 Å². The number of Topliss-reactive ketones (excluding diaryl/α,β-unsaturated/α-hetero) is 1. The Balaban J connectivity index is 2.02. The Bertz CT molecular complexity index is 755. The lowest BCUT2D eigenvalue weighted by Crippen LogP contribution is -2.24. The van der Waals surface area contributed by atoms with Gasteiger partial charge < -0.3 is 9.30 Å². The molecule has 0 spiro atoms. The molecule has 1 fully saturated rings. The fourth-order valence-electron chi connectivity index (χ4n) is 3.93. The summed E-state index contributed by atoms with van der Waals surface area (Å²) in [7, 11) is 0. The Morgan fingerprint density at radius 2 is 2.08 bits per heavy atom. The largest absolute Gasteiger partial charge is 0.376 e.